The molecule has 0 aliphatic heterocycles. The van der Waals surface area contributed by atoms with Gasteiger partial charge in [-0.05, 0) is 37.5 Å². The zero-order valence-corrected chi connectivity index (χ0v) is 12.3. The van der Waals surface area contributed by atoms with Crippen LogP contribution in [0.1, 0.15) is 37.8 Å². The van der Waals surface area contributed by atoms with E-state index in [1.165, 1.54) is 6.07 Å². The highest BCUT2D eigenvalue weighted by molar-refractivity contribution is 5.51. The first-order valence-corrected chi connectivity index (χ1v) is 6.92. The molecule has 1 atom stereocenters. The number of anilines is 1. The van der Waals surface area contributed by atoms with E-state index in [9.17, 15) is 13.2 Å². The number of hydrogen-bond donors (Lipinski definition) is 1. The van der Waals surface area contributed by atoms with E-state index in [0.717, 1.165) is 19.4 Å². The first-order chi connectivity index (χ1) is 9.25. The van der Waals surface area contributed by atoms with Gasteiger partial charge in [0.15, 0.2) is 0 Å². The number of halogens is 3. The molecule has 1 rings (SSSR count). The Morgan fingerprint density at radius 2 is 1.95 bits per heavy atom. The standard InChI is InChI=1S/C15H23F3N2/c1-4-5-8-20(3)13-7-6-12(9-11(2)19)14(10-13)15(16,17)18/h6-7,10-11H,4-5,8-9,19H2,1-3H3. The summed E-state index contributed by atoms with van der Waals surface area (Å²) in [5.74, 6) is 0. The van der Waals surface area contributed by atoms with E-state index in [1.54, 1.807) is 19.1 Å². The Morgan fingerprint density at radius 1 is 1.30 bits per heavy atom. The van der Waals surface area contributed by atoms with Crippen LogP contribution >= 0.6 is 0 Å². The van der Waals surface area contributed by atoms with Crippen LogP contribution < -0.4 is 10.6 Å². The molecular formula is C15H23F3N2. The third-order valence-electron chi connectivity index (χ3n) is 3.23. The van der Waals surface area contributed by atoms with Gasteiger partial charge in [-0.3, -0.25) is 0 Å². The Hall–Kier alpha value is -1.23. The minimum atomic E-state index is -4.34. The van der Waals surface area contributed by atoms with Crippen LogP contribution in [0.3, 0.4) is 0 Å². The summed E-state index contributed by atoms with van der Waals surface area (Å²) in [6, 6.07) is 4.22. The van der Waals surface area contributed by atoms with E-state index < -0.39 is 11.7 Å². The van der Waals surface area contributed by atoms with E-state index in [2.05, 4.69) is 6.92 Å². The van der Waals surface area contributed by atoms with Crippen LogP contribution in [0.15, 0.2) is 18.2 Å². The van der Waals surface area contributed by atoms with Crippen molar-refractivity contribution in [3.05, 3.63) is 29.3 Å². The molecule has 20 heavy (non-hydrogen) atoms. The first kappa shape index (κ1) is 16.8. The lowest BCUT2D eigenvalue weighted by molar-refractivity contribution is -0.138. The quantitative estimate of drug-likeness (QED) is 0.862. The highest BCUT2D eigenvalue weighted by Gasteiger charge is 2.33. The summed E-state index contributed by atoms with van der Waals surface area (Å²) in [6.45, 7) is 4.52. The lowest BCUT2D eigenvalue weighted by Gasteiger charge is -2.22. The number of nitrogens with two attached hydrogens (primary N) is 1. The van der Waals surface area contributed by atoms with Crippen LogP contribution in [0, 0.1) is 0 Å². The van der Waals surface area contributed by atoms with Crippen molar-refractivity contribution < 1.29 is 13.2 Å². The number of rotatable bonds is 6. The summed E-state index contributed by atoms with van der Waals surface area (Å²) in [4.78, 5) is 1.86. The van der Waals surface area contributed by atoms with Crippen LogP contribution in [0.5, 0.6) is 0 Å². The Balaban J connectivity index is 3.07. The van der Waals surface area contributed by atoms with E-state index >= 15 is 0 Å². The fraction of sp³-hybridized carbons (Fsp3) is 0.600. The second kappa shape index (κ2) is 6.97. The minimum Gasteiger partial charge on any atom is -0.375 e. The molecule has 0 saturated carbocycles. The van der Waals surface area contributed by atoms with Crippen molar-refractivity contribution in [2.75, 3.05) is 18.5 Å². The second-order valence-electron chi connectivity index (χ2n) is 5.30. The maximum Gasteiger partial charge on any atom is 0.416 e. The van der Waals surface area contributed by atoms with Crippen LogP contribution in [-0.4, -0.2) is 19.6 Å². The highest BCUT2D eigenvalue weighted by atomic mass is 19.4. The van der Waals surface area contributed by atoms with Crippen molar-refractivity contribution in [2.24, 2.45) is 5.73 Å². The molecule has 0 saturated heterocycles. The molecule has 0 amide bonds. The first-order valence-electron chi connectivity index (χ1n) is 6.92. The fourth-order valence-electron chi connectivity index (χ4n) is 2.12. The molecule has 0 spiro atoms. The predicted molar refractivity (Wildman–Crippen MR) is 77.0 cm³/mol. The Bertz CT molecular complexity index is 428. The molecule has 1 aromatic carbocycles. The molecule has 0 aromatic heterocycles. The van der Waals surface area contributed by atoms with Gasteiger partial charge in [-0.1, -0.05) is 19.4 Å². The van der Waals surface area contributed by atoms with Crippen LogP contribution in [0.2, 0.25) is 0 Å². The third kappa shape index (κ3) is 4.71. The lowest BCUT2D eigenvalue weighted by Crippen LogP contribution is -2.22. The van der Waals surface area contributed by atoms with E-state index in [-0.39, 0.29) is 18.0 Å². The molecule has 5 heteroatoms. The van der Waals surface area contributed by atoms with Gasteiger partial charge < -0.3 is 10.6 Å². The molecular weight excluding hydrogens is 265 g/mol. The van der Waals surface area contributed by atoms with Crippen molar-refractivity contribution in [2.45, 2.75) is 45.3 Å². The smallest absolute Gasteiger partial charge is 0.375 e. The van der Waals surface area contributed by atoms with E-state index in [0.29, 0.717) is 5.69 Å². The van der Waals surface area contributed by atoms with E-state index in [1.807, 2.05) is 11.9 Å². The van der Waals surface area contributed by atoms with Gasteiger partial charge in [0.25, 0.3) is 0 Å². The molecule has 0 heterocycles. The van der Waals surface area contributed by atoms with Crippen molar-refractivity contribution >= 4 is 5.69 Å². The minimum absolute atomic E-state index is 0.230. The van der Waals surface area contributed by atoms with Gasteiger partial charge in [-0.2, -0.15) is 13.2 Å². The van der Waals surface area contributed by atoms with Crippen LogP contribution in [-0.2, 0) is 12.6 Å². The summed E-state index contributed by atoms with van der Waals surface area (Å²) >= 11 is 0. The van der Waals surface area contributed by atoms with E-state index in [4.69, 9.17) is 5.73 Å². The normalized spacial score (nSPS) is 13.3. The number of nitrogens with zero attached hydrogens (tertiary/aromatic N) is 1. The van der Waals surface area contributed by atoms with Gasteiger partial charge in [0.2, 0.25) is 0 Å². The molecule has 2 N–H and O–H groups in total. The molecule has 1 unspecified atom stereocenters. The van der Waals surface area contributed by atoms with Crippen LogP contribution in [0.4, 0.5) is 18.9 Å². The van der Waals surface area contributed by atoms with Crippen molar-refractivity contribution in [3.8, 4) is 0 Å². The molecule has 1 aromatic rings. The zero-order valence-electron chi connectivity index (χ0n) is 12.3. The highest BCUT2D eigenvalue weighted by Crippen LogP contribution is 2.35. The molecule has 0 aliphatic carbocycles. The topological polar surface area (TPSA) is 29.3 Å². The van der Waals surface area contributed by atoms with Gasteiger partial charge in [0.05, 0.1) is 5.56 Å². The summed E-state index contributed by atoms with van der Waals surface area (Å²) in [5, 5.41) is 0. The zero-order chi connectivity index (χ0) is 15.3. The largest absolute Gasteiger partial charge is 0.416 e. The predicted octanol–water partition coefficient (Wildman–Crippen LogP) is 3.83. The molecule has 114 valence electrons. The van der Waals surface area contributed by atoms with Gasteiger partial charge in [0.1, 0.15) is 0 Å². The van der Waals surface area contributed by atoms with Gasteiger partial charge in [-0.25, -0.2) is 0 Å². The van der Waals surface area contributed by atoms with Gasteiger partial charge >= 0.3 is 6.18 Å². The number of hydrogen-bond acceptors (Lipinski definition) is 2. The fourth-order valence-corrected chi connectivity index (χ4v) is 2.12. The monoisotopic (exact) mass is 288 g/mol. The summed E-state index contributed by atoms with van der Waals surface area (Å²) in [6.07, 6.45) is -2.14. The SMILES string of the molecule is CCCCN(C)c1ccc(CC(C)N)c(C(F)(F)F)c1. The van der Waals surface area contributed by atoms with Gasteiger partial charge in [0, 0.05) is 25.3 Å². The maximum atomic E-state index is 13.1. The summed E-state index contributed by atoms with van der Waals surface area (Å²) in [5.41, 5.74) is 5.91. The maximum absolute atomic E-state index is 13.1. The summed E-state index contributed by atoms with van der Waals surface area (Å²) in [7, 11) is 1.82. The van der Waals surface area contributed by atoms with Crippen LogP contribution in [0.25, 0.3) is 0 Å². The average Bonchev–Trinajstić information content (AvgIpc) is 2.34. The van der Waals surface area contributed by atoms with Gasteiger partial charge in [-0.15, -0.1) is 0 Å². The summed E-state index contributed by atoms with van der Waals surface area (Å²) < 4.78 is 39.4. The van der Waals surface area contributed by atoms with Crippen molar-refractivity contribution in [3.63, 3.8) is 0 Å². The lowest BCUT2D eigenvalue weighted by atomic mass is 9.99. The molecule has 0 aliphatic rings. The molecule has 0 fully saturated rings. The number of unbranched alkanes of at least 4 members (excludes halogenated alkanes) is 1. The Labute approximate surface area is 118 Å². The number of alkyl halides is 3. The number of benzene rings is 1. The third-order valence-corrected chi connectivity index (χ3v) is 3.23. The van der Waals surface area contributed by atoms with Crippen molar-refractivity contribution in [1.29, 1.82) is 0 Å². The average molecular weight is 288 g/mol. The molecule has 0 radical (unpaired) electrons. The second-order valence-corrected chi connectivity index (χ2v) is 5.30. The molecule has 2 nitrogen and oxygen atoms in total. The molecule has 0 bridgehead atoms. The Kier molecular flexibility index (Phi) is 5.87. The Morgan fingerprint density at radius 3 is 2.45 bits per heavy atom. The van der Waals surface area contributed by atoms with Crippen molar-refractivity contribution in [1.82, 2.24) is 0 Å².